The second-order valence-corrected chi connectivity index (χ2v) is 4.79. The first-order chi connectivity index (χ1) is 8.00. The predicted molar refractivity (Wildman–Crippen MR) is 77.9 cm³/mol. The van der Waals surface area contributed by atoms with Gasteiger partial charge in [0.2, 0.25) is 0 Å². The molecule has 0 bridgehead atoms. The normalized spacial score (nSPS) is 19.8. The molecule has 0 heterocycles. The fourth-order valence-electron chi connectivity index (χ4n) is 2.54. The summed E-state index contributed by atoms with van der Waals surface area (Å²) in [6, 6.07) is 0. The van der Waals surface area contributed by atoms with Crippen LogP contribution in [0.2, 0.25) is 0 Å². The lowest BCUT2D eigenvalue weighted by Gasteiger charge is -2.24. The monoisotopic (exact) mass is 226 g/mol. The van der Waals surface area contributed by atoms with E-state index in [1.807, 2.05) is 25.2 Å². The summed E-state index contributed by atoms with van der Waals surface area (Å²) in [5, 5.41) is 0. The Kier molecular flexibility index (Phi) is 4.11. The van der Waals surface area contributed by atoms with Gasteiger partial charge in [0.1, 0.15) is 0 Å². The van der Waals surface area contributed by atoms with Crippen molar-refractivity contribution in [1.29, 1.82) is 0 Å². The van der Waals surface area contributed by atoms with Gasteiger partial charge in [0, 0.05) is 5.41 Å². The van der Waals surface area contributed by atoms with Crippen LogP contribution in [0.25, 0.3) is 0 Å². The van der Waals surface area contributed by atoms with E-state index < -0.39 is 0 Å². The van der Waals surface area contributed by atoms with Crippen molar-refractivity contribution in [3.8, 4) is 0 Å². The predicted octanol–water partition coefficient (Wildman–Crippen LogP) is 5.14. The van der Waals surface area contributed by atoms with E-state index in [4.69, 9.17) is 0 Å². The molecule has 0 unspecified atom stereocenters. The molecule has 0 saturated carbocycles. The molecule has 0 fully saturated rings. The van der Waals surface area contributed by atoms with Gasteiger partial charge in [0.25, 0.3) is 0 Å². The van der Waals surface area contributed by atoms with E-state index in [2.05, 4.69) is 52.2 Å². The summed E-state index contributed by atoms with van der Waals surface area (Å²) in [5.74, 6) is 0. The van der Waals surface area contributed by atoms with Gasteiger partial charge in [-0.1, -0.05) is 63.5 Å². The van der Waals surface area contributed by atoms with Crippen LogP contribution in [0.15, 0.2) is 71.9 Å². The van der Waals surface area contributed by atoms with Crippen LogP contribution in [-0.2, 0) is 0 Å². The quantitative estimate of drug-likeness (QED) is 0.582. The van der Waals surface area contributed by atoms with Crippen LogP contribution in [-0.4, -0.2) is 0 Å². The first-order valence-electron chi connectivity index (χ1n) is 6.01. The molecule has 0 heteroatoms. The second-order valence-electron chi connectivity index (χ2n) is 4.79. The topological polar surface area (TPSA) is 0 Å². The Bertz CT molecular complexity index is 448. The summed E-state index contributed by atoms with van der Waals surface area (Å²) >= 11 is 0. The Balaban J connectivity index is 3.41. The average molecular weight is 226 g/mol. The van der Waals surface area contributed by atoms with Crippen molar-refractivity contribution < 1.29 is 0 Å². The molecular formula is C17H22. The van der Waals surface area contributed by atoms with Crippen LogP contribution in [0, 0.1) is 5.41 Å². The lowest BCUT2D eigenvalue weighted by molar-refractivity contribution is 0.575. The minimum absolute atomic E-state index is 0.0280. The van der Waals surface area contributed by atoms with Crippen molar-refractivity contribution in [3.63, 3.8) is 0 Å². The highest BCUT2D eigenvalue weighted by molar-refractivity contribution is 5.62. The van der Waals surface area contributed by atoms with Gasteiger partial charge in [0.15, 0.2) is 0 Å². The molecule has 0 aromatic rings. The summed E-state index contributed by atoms with van der Waals surface area (Å²) < 4.78 is 0. The highest BCUT2D eigenvalue weighted by Crippen LogP contribution is 2.48. The zero-order valence-corrected chi connectivity index (χ0v) is 11.4. The summed E-state index contributed by atoms with van der Waals surface area (Å²) in [6.07, 6.45) is 12.2. The molecule has 1 aliphatic carbocycles. The maximum atomic E-state index is 3.96. The molecule has 0 amide bonds. The summed E-state index contributed by atoms with van der Waals surface area (Å²) in [5.41, 5.74) is 5.31. The molecule has 0 aliphatic heterocycles. The van der Waals surface area contributed by atoms with Gasteiger partial charge in [0.05, 0.1) is 0 Å². The number of hydrogen-bond acceptors (Lipinski definition) is 0. The van der Waals surface area contributed by atoms with Crippen molar-refractivity contribution in [2.24, 2.45) is 5.41 Å². The molecule has 0 aromatic heterocycles. The van der Waals surface area contributed by atoms with Gasteiger partial charge in [-0.05, 0) is 36.1 Å². The van der Waals surface area contributed by atoms with E-state index in [1.54, 1.807) is 0 Å². The molecule has 0 atom stereocenters. The van der Waals surface area contributed by atoms with E-state index in [9.17, 15) is 0 Å². The van der Waals surface area contributed by atoms with Crippen LogP contribution < -0.4 is 0 Å². The van der Waals surface area contributed by atoms with Gasteiger partial charge in [-0.2, -0.15) is 0 Å². The molecule has 1 aliphatic rings. The molecule has 0 aromatic carbocycles. The summed E-state index contributed by atoms with van der Waals surface area (Å²) in [6.45, 7) is 16.4. The fraction of sp³-hybridized carbons (Fsp3) is 0.294. The highest BCUT2D eigenvalue weighted by atomic mass is 14.4. The fourth-order valence-corrected chi connectivity index (χ4v) is 2.54. The van der Waals surface area contributed by atoms with Crippen molar-refractivity contribution in [2.45, 2.75) is 27.7 Å². The molecule has 17 heavy (non-hydrogen) atoms. The average Bonchev–Trinajstić information content (AvgIpc) is 2.45. The smallest absolute Gasteiger partial charge is 0.0155 e. The zero-order valence-electron chi connectivity index (χ0n) is 11.4. The Morgan fingerprint density at radius 2 is 1.71 bits per heavy atom. The van der Waals surface area contributed by atoms with Gasteiger partial charge in [-0.15, -0.1) is 0 Å². The first-order valence-corrected chi connectivity index (χ1v) is 6.01. The maximum absolute atomic E-state index is 3.96. The Labute approximate surface area is 105 Å². The van der Waals surface area contributed by atoms with Crippen LogP contribution in [0.5, 0.6) is 0 Å². The Morgan fingerprint density at radius 3 is 2.18 bits per heavy atom. The second kappa shape index (κ2) is 5.18. The highest BCUT2D eigenvalue weighted by Gasteiger charge is 2.34. The van der Waals surface area contributed by atoms with Crippen LogP contribution in [0.3, 0.4) is 0 Å². The van der Waals surface area contributed by atoms with Crippen LogP contribution in [0.1, 0.15) is 27.7 Å². The van der Waals surface area contributed by atoms with Crippen molar-refractivity contribution in [1.82, 2.24) is 0 Å². The van der Waals surface area contributed by atoms with Gasteiger partial charge in [-0.3, -0.25) is 0 Å². The molecule has 1 rings (SSSR count). The first kappa shape index (κ1) is 13.5. The number of allylic oxidation sites excluding steroid dienone is 10. The molecule has 0 nitrogen and oxygen atoms in total. The third-order valence-corrected chi connectivity index (χ3v) is 3.38. The zero-order chi connectivity index (χ0) is 13.1. The summed E-state index contributed by atoms with van der Waals surface area (Å²) in [7, 11) is 0. The molecule has 0 spiro atoms. The standard InChI is InChI=1S/C17H22/c1-7-10-12-16-13(4)14(11-8-2)15(9-3)17(16,5)6/h7-12H,1,3H2,2,4-6H3/b11-8-,12-10-. The van der Waals surface area contributed by atoms with Crippen molar-refractivity contribution in [2.75, 3.05) is 0 Å². The molecule has 0 N–H and O–H groups in total. The van der Waals surface area contributed by atoms with Crippen molar-refractivity contribution in [3.05, 3.63) is 71.9 Å². The number of hydrogen-bond donors (Lipinski definition) is 0. The molecular weight excluding hydrogens is 204 g/mol. The van der Waals surface area contributed by atoms with Crippen molar-refractivity contribution >= 4 is 0 Å². The minimum Gasteiger partial charge on any atom is -0.0991 e. The van der Waals surface area contributed by atoms with Gasteiger partial charge in [-0.25, -0.2) is 0 Å². The number of rotatable bonds is 4. The lowest BCUT2D eigenvalue weighted by Crippen LogP contribution is -2.12. The van der Waals surface area contributed by atoms with E-state index in [0.717, 1.165) is 0 Å². The molecule has 90 valence electrons. The van der Waals surface area contributed by atoms with Crippen LogP contribution in [0.4, 0.5) is 0 Å². The third kappa shape index (κ3) is 2.26. The minimum atomic E-state index is 0.0280. The van der Waals surface area contributed by atoms with Gasteiger partial charge >= 0.3 is 0 Å². The largest absolute Gasteiger partial charge is 0.0991 e. The third-order valence-electron chi connectivity index (χ3n) is 3.38. The molecule has 0 radical (unpaired) electrons. The van der Waals surface area contributed by atoms with E-state index >= 15 is 0 Å². The maximum Gasteiger partial charge on any atom is 0.0155 e. The van der Waals surface area contributed by atoms with Crippen LogP contribution >= 0.6 is 0 Å². The SMILES string of the molecule is C=C/C=C\C1=C(C)C(/C=C\C)=C(C=C)C1(C)C. The van der Waals surface area contributed by atoms with E-state index in [0.29, 0.717) is 0 Å². The Morgan fingerprint density at radius 1 is 1.06 bits per heavy atom. The van der Waals surface area contributed by atoms with E-state index in [1.165, 1.54) is 22.3 Å². The molecule has 0 saturated heterocycles. The lowest BCUT2D eigenvalue weighted by atomic mass is 9.80. The van der Waals surface area contributed by atoms with E-state index in [-0.39, 0.29) is 5.41 Å². The Hall–Kier alpha value is -1.56. The summed E-state index contributed by atoms with van der Waals surface area (Å²) in [4.78, 5) is 0. The van der Waals surface area contributed by atoms with Gasteiger partial charge < -0.3 is 0 Å².